The third-order valence-corrected chi connectivity index (χ3v) is 2.60. The average molecular weight is 227 g/mol. The Labute approximate surface area is 95.2 Å². The number of hydrogen-bond donors (Lipinski definition) is 0. The smallest absolute Gasteiger partial charge is 0.315 e. The van der Waals surface area contributed by atoms with Crippen LogP contribution in [0.15, 0.2) is 24.3 Å². The molecule has 1 aromatic rings. The van der Waals surface area contributed by atoms with Crippen molar-refractivity contribution in [2.75, 3.05) is 6.61 Å². The molecular weight excluding hydrogens is 212 g/mol. The molecule has 2 nitrogen and oxygen atoms in total. The van der Waals surface area contributed by atoms with Gasteiger partial charge in [-0.2, -0.15) is 0 Å². The largest absolute Gasteiger partial charge is 0.465 e. The molecule has 1 rings (SSSR count). The van der Waals surface area contributed by atoms with E-state index in [0.717, 1.165) is 5.56 Å². The number of rotatable bonds is 3. The zero-order valence-electron chi connectivity index (χ0n) is 9.21. The van der Waals surface area contributed by atoms with Gasteiger partial charge in [0.15, 0.2) is 0 Å². The Bertz CT molecular complexity index is 341. The van der Waals surface area contributed by atoms with Crippen LogP contribution >= 0.6 is 11.6 Å². The number of carbonyl (C=O) groups excluding carboxylic acids is 1. The number of halogens is 1. The summed E-state index contributed by atoms with van der Waals surface area (Å²) in [5, 5.41) is 0.665. The van der Waals surface area contributed by atoms with E-state index < -0.39 is 5.41 Å². The fraction of sp³-hybridized carbons (Fsp3) is 0.417. The van der Waals surface area contributed by atoms with Crippen molar-refractivity contribution in [3.05, 3.63) is 34.9 Å². The summed E-state index contributed by atoms with van der Waals surface area (Å²) in [6.07, 6.45) is 0. The molecule has 0 unspecified atom stereocenters. The molecule has 82 valence electrons. The van der Waals surface area contributed by atoms with Crippen LogP contribution in [0.3, 0.4) is 0 Å². The normalized spacial score (nSPS) is 11.2. The molecule has 0 radical (unpaired) electrons. The molecule has 0 atom stereocenters. The highest BCUT2D eigenvalue weighted by molar-refractivity contribution is 6.30. The molecule has 0 saturated carbocycles. The van der Waals surface area contributed by atoms with Gasteiger partial charge in [-0.05, 0) is 38.5 Å². The van der Waals surface area contributed by atoms with Crippen LogP contribution in [0.1, 0.15) is 26.3 Å². The van der Waals surface area contributed by atoms with Crippen LogP contribution in [0, 0.1) is 0 Å². The maximum absolute atomic E-state index is 11.7. The van der Waals surface area contributed by atoms with Crippen LogP contribution in [0.4, 0.5) is 0 Å². The van der Waals surface area contributed by atoms with Crippen molar-refractivity contribution < 1.29 is 9.53 Å². The van der Waals surface area contributed by atoms with Gasteiger partial charge in [-0.15, -0.1) is 0 Å². The summed E-state index contributed by atoms with van der Waals surface area (Å²) < 4.78 is 5.02. The Morgan fingerprint density at radius 2 is 1.87 bits per heavy atom. The molecule has 0 aliphatic heterocycles. The molecule has 0 bridgehead atoms. The molecule has 0 fully saturated rings. The predicted molar refractivity (Wildman–Crippen MR) is 61.1 cm³/mol. The van der Waals surface area contributed by atoms with Crippen LogP contribution in [-0.4, -0.2) is 12.6 Å². The van der Waals surface area contributed by atoms with Gasteiger partial charge in [-0.1, -0.05) is 23.7 Å². The first-order valence-electron chi connectivity index (χ1n) is 4.91. The SMILES string of the molecule is CCOC(=O)C(C)(C)c1ccc(Cl)cc1. The van der Waals surface area contributed by atoms with Crippen molar-refractivity contribution in [1.29, 1.82) is 0 Å². The Balaban J connectivity index is 2.94. The Morgan fingerprint density at radius 3 is 2.33 bits per heavy atom. The molecule has 0 aliphatic rings. The van der Waals surface area contributed by atoms with Gasteiger partial charge >= 0.3 is 5.97 Å². The topological polar surface area (TPSA) is 26.3 Å². The summed E-state index contributed by atoms with van der Waals surface area (Å²) in [4.78, 5) is 11.7. The number of esters is 1. The predicted octanol–water partition coefficient (Wildman–Crippen LogP) is 3.18. The van der Waals surface area contributed by atoms with Crippen LogP contribution in [0.2, 0.25) is 5.02 Å². The van der Waals surface area contributed by atoms with Gasteiger partial charge < -0.3 is 4.74 Å². The van der Waals surface area contributed by atoms with E-state index in [1.165, 1.54) is 0 Å². The first-order valence-corrected chi connectivity index (χ1v) is 5.29. The zero-order valence-corrected chi connectivity index (χ0v) is 9.97. The summed E-state index contributed by atoms with van der Waals surface area (Å²) in [7, 11) is 0. The van der Waals surface area contributed by atoms with Crippen LogP contribution < -0.4 is 0 Å². The zero-order chi connectivity index (χ0) is 11.5. The van der Waals surface area contributed by atoms with E-state index in [-0.39, 0.29) is 5.97 Å². The van der Waals surface area contributed by atoms with Crippen molar-refractivity contribution in [3.8, 4) is 0 Å². The summed E-state index contributed by atoms with van der Waals surface area (Å²) in [5.41, 5.74) is 0.283. The Morgan fingerprint density at radius 1 is 1.33 bits per heavy atom. The number of benzene rings is 1. The highest BCUT2D eigenvalue weighted by atomic mass is 35.5. The van der Waals surface area contributed by atoms with Crippen molar-refractivity contribution in [3.63, 3.8) is 0 Å². The molecule has 0 spiro atoms. The lowest BCUT2D eigenvalue weighted by atomic mass is 9.85. The standard InChI is InChI=1S/C12H15ClO2/c1-4-15-11(14)12(2,3)9-5-7-10(13)8-6-9/h5-8H,4H2,1-3H3. The van der Waals surface area contributed by atoms with Gasteiger partial charge in [-0.3, -0.25) is 4.79 Å². The van der Waals surface area contributed by atoms with E-state index in [9.17, 15) is 4.79 Å². The lowest BCUT2D eigenvalue weighted by Crippen LogP contribution is -2.31. The summed E-state index contributed by atoms with van der Waals surface area (Å²) >= 11 is 5.79. The second-order valence-electron chi connectivity index (χ2n) is 3.85. The maximum Gasteiger partial charge on any atom is 0.315 e. The average Bonchev–Trinajstić information content (AvgIpc) is 2.18. The van der Waals surface area contributed by atoms with Crippen molar-refractivity contribution in [1.82, 2.24) is 0 Å². The van der Waals surface area contributed by atoms with Crippen LogP contribution in [-0.2, 0) is 14.9 Å². The van der Waals surface area contributed by atoms with Crippen molar-refractivity contribution in [2.24, 2.45) is 0 Å². The van der Waals surface area contributed by atoms with Crippen molar-refractivity contribution >= 4 is 17.6 Å². The van der Waals surface area contributed by atoms with Gasteiger partial charge in [0.2, 0.25) is 0 Å². The second-order valence-corrected chi connectivity index (χ2v) is 4.29. The molecule has 3 heteroatoms. The quantitative estimate of drug-likeness (QED) is 0.740. The van der Waals surface area contributed by atoms with E-state index in [4.69, 9.17) is 16.3 Å². The van der Waals surface area contributed by atoms with E-state index in [0.29, 0.717) is 11.6 Å². The lowest BCUT2D eigenvalue weighted by molar-refractivity contribution is -0.148. The molecule has 0 N–H and O–H groups in total. The van der Waals surface area contributed by atoms with Crippen LogP contribution in [0.25, 0.3) is 0 Å². The van der Waals surface area contributed by atoms with Gasteiger partial charge in [-0.25, -0.2) is 0 Å². The Kier molecular flexibility index (Phi) is 3.75. The molecule has 1 aromatic carbocycles. The number of carbonyl (C=O) groups is 1. The third-order valence-electron chi connectivity index (χ3n) is 2.35. The van der Waals surface area contributed by atoms with Gasteiger partial charge in [0.1, 0.15) is 0 Å². The summed E-state index contributed by atoms with van der Waals surface area (Å²) in [5.74, 6) is -0.215. The van der Waals surface area contributed by atoms with E-state index in [1.807, 2.05) is 26.0 Å². The highest BCUT2D eigenvalue weighted by Crippen LogP contribution is 2.25. The lowest BCUT2D eigenvalue weighted by Gasteiger charge is -2.22. The molecule has 0 heterocycles. The first kappa shape index (κ1) is 12.1. The first-order chi connectivity index (χ1) is 6.98. The Hall–Kier alpha value is -1.02. The summed E-state index contributed by atoms with van der Waals surface area (Å²) in [6, 6.07) is 7.24. The highest BCUT2D eigenvalue weighted by Gasteiger charge is 2.30. The van der Waals surface area contributed by atoms with Gasteiger partial charge in [0, 0.05) is 5.02 Å². The number of ether oxygens (including phenoxy) is 1. The minimum atomic E-state index is -0.624. The fourth-order valence-corrected chi connectivity index (χ4v) is 1.42. The molecule has 0 aromatic heterocycles. The van der Waals surface area contributed by atoms with E-state index in [2.05, 4.69) is 0 Å². The molecule has 0 amide bonds. The molecule has 0 saturated heterocycles. The minimum Gasteiger partial charge on any atom is -0.465 e. The van der Waals surface area contributed by atoms with Gasteiger partial charge in [0.25, 0.3) is 0 Å². The minimum absolute atomic E-state index is 0.215. The van der Waals surface area contributed by atoms with Gasteiger partial charge in [0.05, 0.1) is 12.0 Å². The second kappa shape index (κ2) is 4.67. The van der Waals surface area contributed by atoms with Crippen molar-refractivity contribution in [2.45, 2.75) is 26.2 Å². The summed E-state index contributed by atoms with van der Waals surface area (Å²) in [6.45, 7) is 5.88. The number of hydrogen-bond acceptors (Lipinski definition) is 2. The third kappa shape index (κ3) is 2.72. The molecular formula is C12H15ClO2. The van der Waals surface area contributed by atoms with E-state index >= 15 is 0 Å². The maximum atomic E-state index is 11.7. The molecule has 0 aliphatic carbocycles. The van der Waals surface area contributed by atoms with Crippen LogP contribution in [0.5, 0.6) is 0 Å². The monoisotopic (exact) mass is 226 g/mol. The van der Waals surface area contributed by atoms with E-state index in [1.54, 1.807) is 19.1 Å². The molecule has 15 heavy (non-hydrogen) atoms. The fourth-order valence-electron chi connectivity index (χ4n) is 1.30.